The van der Waals surface area contributed by atoms with E-state index in [0.717, 1.165) is 10.2 Å². The summed E-state index contributed by atoms with van der Waals surface area (Å²) in [5.41, 5.74) is 1.92. The Kier molecular flexibility index (Phi) is 3.39. The molecule has 2 aromatic heterocycles. The minimum absolute atomic E-state index is 0.231. The first-order valence-corrected chi connectivity index (χ1v) is 6.66. The van der Waals surface area contributed by atoms with Gasteiger partial charge in [-0.15, -0.1) is 0 Å². The van der Waals surface area contributed by atoms with E-state index >= 15 is 0 Å². The smallest absolute Gasteiger partial charge is 0.258 e. The summed E-state index contributed by atoms with van der Waals surface area (Å²) in [6, 6.07) is 9.03. The van der Waals surface area contributed by atoms with Crippen LogP contribution in [0, 0.1) is 0 Å². The third-order valence-corrected chi connectivity index (χ3v) is 3.23. The Morgan fingerprint density at radius 3 is 2.95 bits per heavy atom. The number of amides is 1. The molecule has 0 saturated heterocycles. The molecule has 1 N–H and O–H groups in total. The van der Waals surface area contributed by atoms with Gasteiger partial charge in [0.2, 0.25) is 0 Å². The molecule has 2 heterocycles. The van der Waals surface area contributed by atoms with Crippen LogP contribution in [0.4, 0.5) is 5.69 Å². The lowest BCUT2D eigenvalue weighted by molar-refractivity contribution is 0.102. The number of aromatic nitrogens is 2. The summed E-state index contributed by atoms with van der Waals surface area (Å²) in [4.78, 5) is 12.1. The molecule has 0 atom stereocenters. The van der Waals surface area contributed by atoms with Crippen molar-refractivity contribution in [3.8, 4) is 5.69 Å². The van der Waals surface area contributed by atoms with Gasteiger partial charge in [0.15, 0.2) is 0 Å². The summed E-state index contributed by atoms with van der Waals surface area (Å²) in [7, 11) is 0. The molecule has 0 aliphatic carbocycles. The summed E-state index contributed by atoms with van der Waals surface area (Å²) >= 11 is 3.40. The number of carbonyl (C=O) groups excluding carboxylic acids is 1. The molecule has 0 aliphatic rings. The van der Waals surface area contributed by atoms with Gasteiger partial charge in [0.25, 0.3) is 5.91 Å². The lowest BCUT2D eigenvalue weighted by Gasteiger charge is -2.11. The fourth-order valence-electron chi connectivity index (χ4n) is 1.81. The number of furan rings is 1. The van der Waals surface area contributed by atoms with Gasteiger partial charge in [0.05, 0.1) is 23.2 Å². The van der Waals surface area contributed by atoms with E-state index in [9.17, 15) is 4.79 Å². The van der Waals surface area contributed by atoms with Crippen molar-refractivity contribution in [1.29, 1.82) is 0 Å². The van der Waals surface area contributed by atoms with Crippen LogP contribution in [-0.4, -0.2) is 15.7 Å². The molecule has 1 amide bonds. The second-order valence-corrected chi connectivity index (χ2v) is 4.99. The number of anilines is 1. The number of hydrogen-bond acceptors (Lipinski definition) is 3. The quantitative estimate of drug-likeness (QED) is 0.799. The Morgan fingerprint density at radius 1 is 1.35 bits per heavy atom. The maximum Gasteiger partial charge on any atom is 0.258 e. The van der Waals surface area contributed by atoms with E-state index in [1.165, 1.54) is 12.5 Å². The first-order valence-electron chi connectivity index (χ1n) is 5.87. The van der Waals surface area contributed by atoms with Gasteiger partial charge in [-0.3, -0.25) is 4.79 Å². The van der Waals surface area contributed by atoms with Gasteiger partial charge < -0.3 is 9.73 Å². The van der Waals surface area contributed by atoms with Crippen LogP contribution in [0.1, 0.15) is 10.4 Å². The molecule has 1 aromatic carbocycles. The SMILES string of the molecule is O=C(Nc1cc(Br)ccc1-n1cccn1)c1ccoc1. The van der Waals surface area contributed by atoms with E-state index in [-0.39, 0.29) is 5.91 Å². The highest BCUT2D eigenvalue weighted by Gasteiger charge is 2.12. The van der Waals surface area contributed by atoms with Crippen LogP contribution in [0.15, 0.2) is 64.1 Å². The maximum absolute atomic E-state index is 12.1. The van der Waals surface area contributed by atoms with Gasteiger partial charge in [-0.1, -0.05) is 15.9 Å². The second kappa shape index (κ2) is 5.34. The number of halogens is 1. The molecule has 6 heteroatoms. The zero-order valence-electron chi connectivity index (χ0n) is 10.3. The molecule has 0 fully saturated rings. The molecule has 0 radical (unpaired) electrons. The van der Waals surface area contributed by atoms with E-state index in [2.05, 4.69) is 26.3 Å². The Balaban J connectivity index is 1.96. The summed E-state index contributed by atoms with van der Waals surface area (Å²) in [5.74, 6) is -0.231. The first kappa shape index (κ1) is 12.7. The molecule has 0 saturated carbocycles. The van der Waals surface area contributed by atoms with Crippen molar-refractivity contribution < 1.29 is 9.21 Å². The summed E-state index contributed by atoms with van der Waals surface area (Å²) in [6.07, 6.45) is 6.37. The van der Waals surface area contributed by atoms with Gasteiger partial charge in [-0.25, -0.2) is 4.68 Å². The molecule has 0 spiro atoms. The Labute approximate surface area is 123 Å². The normalized spacial score (nSPS) is 10.4. The van der Waals surface area contributed by atoms with Gasteiger partial charge in [-0.05, 0) is 30.3 Å². The summed E-state index contributed by atoms with van der Waals surface area (Å²) < 4.78 is 7.47. The number of rotatable bonds is 3. The van der Waals surface area contributed by atoms with Crippen LogP contribution < -0.4 is 5.32 Å². The van der Waals surface area contributed by atoms with E-state index < -0.39 is 0 Å². The largest absolute Gasteiger partial charge is 0.472 e. The molecule has 20 heavy (non-hydrogen) atoms. The molecule has 0 bridgehead atoms. The van der Waals surface area contributed by atoms with Crippen LogP contribution in [0.3, 0.4) is 0 Å². The van der Waals surface area contributed by atoms with Crippen molar-refractivity contribution in [2.45, 2.75) is 0 Å². The number of hydrogen-bond donors (Lipinski definition) is 1. The molecule has 100 valence electrons. The molecular weight excluding hydrogens is 322 g/mol. The Morgan fingerprint density at radius 2 is 2.25 bits per heavy atom. The predicted octanol–water partition coefficient (Wildman–Crippen LogP) is 3.48. The molecule has 0 aliphatic heterocycles. The highest BCUT2D eigenvalue weighted by Crippen LogP contribution is 2.25. The molecule has 5 nitrogen and oxygen atoms in total. The highest BCUT2D eigenvalue weighted by molar-refractivity contribution is 9.10. The van der Waals surface area contributed by atoms with Crippen LogP contribution in [0.25, 0.3) is 5.69 Å². The van der Waals surface area contributed by atoms with Crippen LogP contribution in [-0.2, 0) is 0 Å². The summed E-state index contributed by atoms with van der Waals surface area (Å²) in [6.45, 7) is 0. The van der Waals surface area contributed by atoms with Crippen molar-refractivity contribution in [2.75, 3.05) is 5.32 Å². The van der Waals surface area contributed by atoms with Gasteiger partial charge in [0.1, 0.15) is 6.26 Å². The number of carbonyl (C=O) groups is 1. The Hall–Kier alpha value is -2.34. The molecule has 0 unspecified atom stereocenters. The van der Waals surface area contributed by atoms with E-state index in [1.807, 2.05) is 30.5 Å². The van der Waals surface area contributed by atoms with Crippen LogP contribution in [0.5, 0.6) is 0 Å². The van der Waals surface area contributed by atoms with Crippen molar-refractivity contribution in [2.24, 2.45) is 0 Å². The second-order valence-electron chi connectivity index (χ2n) is 4.08. The van der Waals surface area contributed by atoms with Crippen molar-refractivity contribution >= 4 is 27.5 Å². The zero-order chi connectivity index (χ0) is 13.9. The first-order chi connectivity index (χ1) is 9.74. The number of nitrogens with zero attached hydrogens (tertiary/aromatic N) is 2. The van der Waals surface area contributed by atoms with Crippen LogP contribution >= 0.6 is 15.9 Å². The lowest BCUT2D eigenvalue weighted by atomic mass is 10.2. The van der Waals surface area contributed by atoms with Gasteiger partial charge >= 0.3 is 0 Å². The van der Waals surface area contributed by atoms with E-state index in [1.54, 1.807) is 16.9 Å². The lowest BCUT2D eigenvalue weighted by Crippen LogP contribution is -2.13. The highest BCUT2D eigenvalue weighted by atomic mass is 79.9. The average Bonchev–Trinajstić information content (AvgIpc) is 3.12. The fourth-order valence-corrected chi connectivity index (χ4v) is 2.17. The standard InChI is InChI=1S/C14H10BrN3O2/c15-11-2-3-13(18-6-1-5-16-18)12(8-11)17-14(19)10-4-7-20-9-10/h1-9H,(H,17,19). The zero-order valence-corrected chi connectivity index (χ0v) is 11.9. The maximum atomic E-state index is 12.1. The van der Waals surface area contributed by atoms with Crippen LogP contribution in [0.2, 0.25) is 0 Å². The third kappa shape index (κ3) is 2.50. The van der Waals surface area contributed by atoms with Crippen molar-refractivity contribution in [3.63, 3.8) is 0 Å². The van der Waals surface area contributed by atoms with Gasteiger partial charge in [-0.2, -0.15) is 5.10 Å². The predicted molar refractivity (Wildman–Crippen MR) is 77.9 cm³/mol. The van der Waals surface area contributed by atoms with E-state index in [4.69, 9.17) is 4.42 Å². The number of nitrogens with one attached hydrogen (secondary N) is 1. The van der Waals surface area contributed by atoms with E-state index in [0.29, 0.717) is 11.3 Å². The molecule has 3 aromatic rings. The minimum Gasteiger partial charge on any atom is -0.472 e. The topological polar surface area (TPSA) is 60.1 Å². The monoisotopic (exact) mass is 331 g/mol. The van der Waals surface area contributed by atoms with Crippen molar-refractivity contribution in [3.05, 3.63) is 65.3 Å². The average molecular weight is 332 g/mol. The number of benzene rings is 1. The molecule has 3 rings (SSSR count). The summed E-state index contributed by atoms with van der Waals surface area (Å²) in [5, 5.41) is 7.03. The third-order valence-electron chi connectivity index (χ3n) is 2.74. The van der Waals surface area contributed by atoms with Gasteiger partial charge in [0, 0.05) is 16.9 Å². The fraction of sp³-hybridized carbons (Fsp3) is 0. The van der Waals surface area contributed by atoms with Crippen molar-refractivity contribution in [1.82, 2.24) is 9.78 Å². The molecular formula is C14H10BrN3O2. The Bertz CT molecular complexity index is 721. The minimum atomic E-state index is -0.231.